The van der Waals surface area contributed by atoms with Gasteiger partial charge in [0.1, 0.15) is 7.05 Å². The molecule has 1 saturated carbocycles. The van der Waals surface area contributed by atoms with Gasteiger partial charge in [-0.05, 0) is 83.5 Å². The molecule has 3 heteroatoms. The summed E-state index contributed by atoms with van der Waals surface area (Å²) in [7, 11) is 2.18. The van der Waals surface area contributed by atoms with Crippen molar-refractivity contribution >= 4 is 22.1 Å². The van der Waals surface area contributed by atoms with Crippen molar-refractivity contribution in [2.45, 2.75) is 78.1 Å². The smallest absolute Gasteiger partial charge is 0.227 e. The van der Waals surface area contributed by atoms with Crippen LogP contribution in [0.15, 0.2) is 89.5 Å². The van der Waals surface area contributed by atoms with E-state index in [9.17, 15) is 0 Å². The average Bonchev–Trinajstić information content (AvgIpc) is 3.69. The van der Waals surface area contributed by atoms with Gasteiger partial charge in [0.15, 0.2) is 11.8 Å². The van der Waals surface area contributed by atoms with Gasteiger partial charge < -0.3 is 4.42 Å². The van der Waals surface area contributed by atoms with Crippen molar-refractivity contribution in [2.24, 2.45) is 7.05 Å². The quantitative estimate of drug-likeness (QED) is 0.184. The summed E-state index contributed by atoms with van der Waals surface area (Å²) in [5.41, 5.74) is 13.9. The van der Waals surface area contributed by atoms with E-state index in [1.165, 1.54) is 64.6 Å². The molecule has 3 aromatic carbocycles. The maximum Gasteiger partial charge on any atom is 0.227 e. The first-order valence-electron chi connectivity index (χ1n) is 16.4. The first kappa shape index (κ1) is 28.5. The molecule has 0 saturated heterocycles. The molecule has 1 aliphatic rings. The monoisotopic (exact) mass is 579 g/mol. The second-order valence-corrected chi connectivity index (χ2v) is 13.5. The standard InChI is InChI=1S/C41H43N2O/c1-25(2)31-12-9-13-32(22-31)33-23-36(30-17-15-29(16-18-30)28-10-7-8-11-28)39(43(6)24-33)38-27(5)14-19-34-35-20-21-37(26(3)4)42-41(35)44-40(34)38/h9,12-26,28H,7-8,10-11H2,1-6H3/q+1. The van der Waals surface area contributed by atoms with Gasteiger partial charge in [0.25, 0.3) is 0 Å². The molecule has 0 radical (unpaired) electrons. The molecule has 3 nitrogen and oxygen atoms in total. The fourth-order valence-electron chi connectivity index (χ4n) is 7.13. The molecule has 0 atom stereocenters. The second kappa shape index (κ2) is 11.4. The molecule has 0 N–H and O–H groups in total. The molecule has 7 rings (SSSR count). The summed E-state index contributed by atoms with van der Waals surface area (Å²) in [4.78, 5) is 4.93. The summed E-state index contributed by atoms with van der Waals surface area (Å²) >= 11 is 0. The van der Waals surface area contributed by atoms with Crippen molar-refractivity contribution in [3.8, 4) is 33.5 Å². The van der Waals surface area contributed by atoms with Gasteiger partial charge in [-0.15, -0.1) is 0 Å². The Bertz CT molecular complexity index is 1990. The van der Waals surface area contributed by atoms with Crippen LogP contribution in [0.25, 0.3) is 55.6 Å². The zero-order valence-corrected chi connectivity index (χ0v) is 26.9. The van der Waals surface area contributed by atoms with E-state index >= 15 is 0 Å². The lowest BCUT2D eigenvalue weighted by Gasteiger charge is -2.15. The van der Waals surface area contributed by atoms with E-state index in [2.05, 4.69) is 131 Å². The molecule has 6 aromatic rings. The Morgan fingerprint density at radius 3 is 2.25 bits per heavy atom. The third-order valence-corrected chi connectivity index (χ3v) is 9.74. The van der Waals surface area contributed by atoms with Crippen molar-refractivity contribution in [3.63, 3.8) is 0 Å². The molecule has 0 spiro atoms. The van der Waals surface area contributed by atoms with Gasteiger partial charge in [0, 0.05) is 22.0 Å². The Hall–Kier alpha value is -4.24. The van der Waals surface area contributed by atoms with E-state index in [1.807, 2.05) is 0 Å². The van der Waals surface area contributed by atoms with E-state index in [1.54, 1.807) is 0 Å². The Balaban J connectivity index is 1.47. The summed E-state index contributed by atoms with van der Waals surface area (Å²) in [6, 6.07) is 29.5. The molecule has 1 aliphatic carbocycles. The summed E-state index contributed by atoms with van der Waals surface area (Å²) in [6.07, 6.45) is 7.58. The lowest BCUT2D eigenvalue weighted by Crippen LogP contribution is -2.32. The summed E-state index contributed by atoms with van der Waals surface area (Å²) in [5, 5.41) is 2.18. The predicted molar refractivity (Wildman–Crippen MR) is 183 cm³/mol. The average molecular weight is 580 g/mol. The van der Waals surface area contributed by atoms with Crippen molar-refractivity contribution in [1.29, 1.82) is 0 Å². The molecule has 0 aliphatic heterocycles. The first-order chi connectivity index (χ1) is 21.3. The van der Waals surface area contributed by atoms with E-state index in [0.29, 0.717) is 23.5 Å². The minimum atomic E-state index is 0.340. The normalized spacial score (nSPS) is 14.1. The zero-order valence-electron chi connectivity index (χ0n) is 26.9. The summed E-state index contributed by atoms with van der Waals surface area (Å²) in [5.74, 6) is 1.51. The fraction of sp³-hybridized carbons (Fsp3) is 0.317. The van der Waals surface area contributed by atoms with Crippen LogP contribution < -0.4 is 4.57 Å². The highest BCUT2D eigenvalue weighted by atomic mass is 16.3. The lowest BCUT2D eigenvalue weighted by molar-refractivity contribution is -0.659. The highest BCUT2D eigenvalue weighted by molar-refractivity contribution is 6.09. The van der Waals surface area contributed by atoms with Crippen LogP contribution in [-0.2, 0) is 7.05 Å². The van der Waals surface area contributed by atoms with E-state index < -0.39 is 0 Å². The number of fused-ring (bicyclic) bond motifs is 3. The third-order valence-electron chi connectivity index (χ3n) is 9.74. The molecular formula is C41H43N2O+. The van der Waals surface area contributed by atoms with Crippen LogP contribution in [-0.4, -0.2) is 4.98 Å². The van der Waals surface area contributed by atoms with Crippen LogP contribution in [0.2, 0.25) is 0 Å². The molecule has 3 heterocycles. The molecule has 0 unspecified atom stereocenters. The SMILES string of the molecule is Cc1ccc2c(oc3nc(C(C)C)ccc32)c1-c1c(-c2ccc(C3CCCC3)cc2)cc(-c2cccc(C(C)C)c2)c[n+]1C. The van der Waals surface area contributed by atoms with Crippen molar-refractivity contribution < 1.29 is 8.98 Å². The minimum Gasteiger partial charge on any atom is -0.437 e. The van der Waals surface area contributed by atoms with Gasteiger partial charge in [-0.2, -0.15) is 4.57 Å². The molecule has 3 aromatic heterocycles. The van der Waals surface area contributed by atoms with Gasteiger partial charge in [-0.1, -0.05) is 101 Å². The van der Waals surface area contributed by atoms with E-state index in [0.717, 1.165) is 33.3 Å². The van der Waals surface area contributed by atoms with Crippen LogP contribution in [0.5, 0.6) is 0 Å². The number of furan rings is 1. The van der Waals surface area contributed by atoms with Crippen molar-refractivity contribution in [1.82, 2.24) is 4.98 Å². The van der Waals surface area contributed by atoms with Gasteiger partial charge in [0.2, 0.25) is 11.4 Å². The largest absolute Gasteiger partial charge is 0.437 e. The van der Waals surface area contributed by atoms with Crippen molar-refractivity contribution in [2.75, 3.05) is 0 Å². The van der Waals surface area contributed by atoms with Crippen LogP contribution in [0.3, 0.4) is 0 Å². The first-order valence-corrected chi connectivity index (χ1v) is 16.4. The van der Waals surface area contributed by atoms with Gasteiger partial charge in [0.05, 0.1) is 11.1 Å². The number of hydrogen-bond donors (Lipinski definition) is 0. The van der Waals surface area contributed by atoms with Crippen molar-refractivity contribution in [3.05, 3.63) is 107 Å². The Morgan fingerprint density at radius 2 is 1.52 bits per heavy atom. The van der Waals surface area contributed by atoms with Gasteiger partial charge in [-0.3, -0.25) is 0 Å². The second-order valence-electron chi connectivity index (χ2n) is 13.5. The highest BCUT2D eigenvalue weighted by Gasteiger charge is 2.27. The number of benzene rings is 3. The fourth-order valence-corrected chi connectivity index (χ4v) is 7.13. The van der Waals surface area contributed by atoms with Gasteiger partial charge in [-0.25, -0.2) is 4.98 Å². The Morgan fingerprint density at radius 1 is 0.773 bits per heavy atom. The third kappa shape index (κ3) is 5.03. The predicted octanol–water partition coefficient (Wildman–Crippen LogP) is 11.0. The maximum absolute atomic E-state index is 6.67. The lowest BCUT2D eigenvalue weighted by atomic mass is 9.90. The molecule has 0 bridgehead atoms. The number of nitrogens with zero attached hydrogens (tertiary/aromatic N) is 2. The number of aromatic nitrogens is 2. The highest BCUT2D eigenvalue weighted by Crippen LogP contribution is 2.42. The number of aryl methyl sites for hydroxylation is 2. The molecule has 1 fully saturated rings. The molecular weight excluding hydrogens is 536 g/mol. The molecule has 0 amide bonds. The van der Waals surface area contributed by atoms with Crippen LogP contribution in [0.4, 0.5) is 0 Å². The van der Waals surface area contributed by atoms with Gasteiger partial charge >= 0.3 is 0 Å². The minimum absolute atomic E-state index is 0.340. The van der Waals surface area contributed by atoms with Crippen LogP contribution in [0, 0.1) is 6.92 Å². The Kier molecular flexibility index (Phi) is 7.36. The van der Waals surface area contributed by atoms with E-state index in [4.69, 9.17) is 9.40 Å². The zero-order chi connectivity index (χ0) is 30.5. The molecule has 222 valence electrons. The Labute approximate surface area is 261 Å². The molecule has 44 heavy (non-hydrogen) atoms. The van der Waals surface area contributed by atoms with Crippen LogP contribution in [0.1, 0.15) is 93.5 Å². The van der Waals surface area contributed by atoms with Crippen LogP contribution >= 0.6 is 0 Å². The topological polar surface area (TPSA) is 29.9 Å². The maximum atomic E-state index is 6.67. The van der Waals surface area contributed by atoms with E-state index in [-0.39, 0.29) is 0 Å². The summed E-state index contributed by atoms with van der Waals surface area (Å²) in [6.45, 7) is 11.1. The number of rotatable bonds is 6. The summed E-state index contributed by atoms with van der Waals surface area (Å²) < 4.78 is 8.98. The number of hydrogen-bond acceptors (Lipinski definition) is 2. The number of pyridine rings is 2.